The van der Waals surface area contributed by atoms with Crippen LogP contribution < -0.4 is 0 Å². The molecule has 3 rings (SSSR count). The molecule has 0 fully saturated rings. The Morgan fingerprint density at radius 3 is 2.55 bits per heavy atom. The topological polar surface area (TPSA) is 30.7 Å². The summed E-state index contributed by atoms with van der Waals surface area (Å²) < 4.78 is 54.7. The van der Waals surface area contributed by atoms with Gasteiger partial charge in [0.1, 0.15) is 5.82 Å². The van der Waals surface area contributed by atoms with Crippen LogP contribution in [-0.4, -0.2) is 14.8 Å². The van der Waals surface area contributed by atoms with Crippen LogP contribution in [0.15, 0.2) is 30.6 Å². The first-order chi connectivity index (χ1) is 10.3. The molecule has 2 heterocycles. The van der Waals surface area contributed by atoms with Crippen molar-refractivity contribution in [1.82, 2.24) is 14.8 Å². The van der Waals surface area contributed by atoms with Gasteiger partial charge in [-0.05, 0) is 18.2 Å². The molecule has 0 amide bonds. The van der Waals surface area contributed by atoms with Crippen molar-refractivity contribution < 1.29 is 17.6 Å². The fraction of sp³-hybridized carbons (Fsp3) is 0.143. The molecule has 3 aromatic rings. The van der Waals surface area contributed by atoms with Gasteiger partial charge in [-0.3, -0.25) is 4.68 Å². The van der Waals surface area contributed by atoms with Crippen molar-refractivity contribution >= 4 is 22.5 Å². The number of benzene rings is 1. The summed E-state index contributed by atoms with van der Waals surface area (Å²) in [5, 5.41) is 3.39. The maximum Gasteiger partial charge on any atom is 0.418 e. The van der Waals surface area contributed by atoms with Gasteiger partial charge in [-0.25, -0.2) is 9.37 Å². The lowest BCUT2D eigenvalue weighted by atomic mass is 10.0. The zero-order valence-corrected chi connectivity index (χ0v) is 11.9. The van der Waals surface area contributed by atoms with Crippen LogP contribution in [-0.2, 0) is 13.2 Å². The number of rotatable bonds is 1. The maximum atomic E-state index is 13.4. The van der Waals surface area contributed by atoms with Gasteiger partial charge in [-0.2, -0.15) is 18.3 Å². The first kappa shape index (κ1) is 14.8. The number of halogens is 5. The third-order valence-electron chi connectivity index (χ3n) is 3.17. The van der Waals surface area contributed by atoms with Crippen molar-refractivity contribution in [3.63, 3.8) is 0 Å². The minimum absolute atomic E-state index is 0.0818. The Bertz CT molecular complexity index is 870. The number of hydrogen-bond donors (Lipinski definition) is 0. The fourth-order valence-electron chi connectivity index (χ4n) is 2.16. The zero-order chi connectivity index (χ0) is 16.1. The van der Waals surface area contributed by atoms with Gasteiger partial charge in [0.15, 0.2) is 0 Å². The minimum atomic E-state index is -4.65. The van der Waals surface area contributed by atoms with Crippen molar-refractivity contribution in [1.29, 1.82) is 0 Å². The number of aromatic nitrogens is 3. The third-order valence-corrected chi connectivity index (χ3v) is 3.55. The highest BCUT2D eigenvalue weighted by molar-refractivity contribution is 6.35. The molecule has 22 heavy (non-hydrogen) atoms. The number of aryl methyl sites for hydroxylation is 1. The molecule has 0 aliphatic heterocycles. The lowest BCUT2D eigenvalue weighted by Crippen LogP contribution is -2.09. The second kappa shape index (κ2) is 4.95. The molecule has 0 saturated carbocycles. The lowest BCUT2D eigenvalue weighted by molar-refractivity contribution is -0.137. The van der Waals surface area contributed by atoms with Crippen LogP contribution in [0, 0.1) is 5.82 Å². The van der Waals surface area contributed by atoms with E-state index in [4.69, 9.17) is 11.6 Å². The molecule has 0 spiro atoms. The van der Waals surface area contributed by atoms with E-state index in [2.05, 4.69) is 10.1 Å². The molecule has 0 saturated heterocycles. The van der Waals surface area contributed by atoms with E-state index in [-0.39, 0.29) is 27.2 Å². The van der Waals surface area contributed by atoms with E-state index in [9.17, 15) is 17.6 Å². The summed E-state index contributed by atoms with van der Waals surface area (Å²) in [6, 6.07) is 3.17. The summed E-state index contributed by atoms with van der Waals surface area (Å²) >= 11 is 5.75. The highest BCUT2D eigenvalue weighted by Crippen LogP contribution is 2.39. The summed E-state index contributed by atoms with van der Waals surface area (Å²) in [5.74, 6) is -0.793. The normalized spacial score (nSPS) is 12.1. The number of pyridine rings is 1. The van der Waals surface area contributed by atoms with E-state index in [1.807, 2.05) is 0 Å². The molecule has 0 aliphatic carbocycles. The average molecular weight is 330 g/mol. The fourth-order valence-corrected chi connectivity index (χ4v) is 2.38. The van der Waals surface area contributed by atoms with Crippen molar-refractivity contribution in [2.24, 2.45) is 7.05 Å². The first-order valence-corrected chi connectivity index (χ1v) is 6.50. The quantitative estimate of drug-likeness (QED) is 0.618. The highest BCUT2D eigenvalue weighted by atomic mass is 35.5. The largest absolute Gasteiger partial charge is 0.418 e. The summed E-state index contributed by atoms with van der Waals surface area (Å²) in [4.78, 5) is 4.00. The summed E-state index contributed by atoms with van der Waals surface area (Å²) in [6.45, 7) is 0. The Labute approximate surface area is 127 Å². The van der Waals surface area contributed by atoms with Gasteiger partial charge in [0.05, 0.1) is 28.0 Å². The molecule has 1 aromatic carbocycles. The summed E-state index contributed by atoms with van der Waals surface area (Å²) in [5.41, 5.74) is -0.855. The summed E-state index contributed by atoms with van der Waals surface area (Å²) in [7, 11) is 1.59. The molecule has 114 valence electrons. The van der Waals surface area contributed by atoms with Crippen LogP contribution >= 0.6 is 11.6 Å². The number of hydrogen-bond acceptors (Lipinski definition) is 2. The van der Waals surface area contributed by atoms with Crippen molar-refractivity contribution in [2.75, 3.05) is 0 Å². The third kappa shape index (κ3) is 2.41. The van der Waals surface area contributed by atoms with Crippen molar-refractivity contribution in [2.45, 2.75) is 6.18 Å². The molecule has 0 unspecified atom stereocenters. The maximum absolute atomic E-state index is 13.4. The SMILES string of the molecule is Cn1cc(-c2nc3ccc(F)c(Cl)c3cc2C(F)(F)F)cn1. The molecule has 0 N–H and O–H groups in total. The molecule has 8 heteroatoms. The van der Waals surface area contributed by atoms with Crippen LogP contribution in [0.3, 0.4) is 0 Å². The van der Waals surface area contributed by atoms with Crippen LogP contribution in [0.2, 0.25) is 5.02 Å². The van der Waals surface area contributed by atoms with E-state index < -0.39 is 17.6 Å². The first-order valence-electron chi connectivity index (χ1n) is 6.12. The Balaban J connectivity index is 2.38. The second-order valence-corrected chi connectivity index (χ2v) is 5.09. The zero-order valence-electron chi connectivity index (χ0n) is 11.1. The molecule has 0 atom stereocenters. The molecule has 0 bridgehead atoms. The van der Waals surface area contributed by atoms with Gasteiger partial charge in [0, 0.05) is 24.2 Å². The van der Waals surface area contributed by atoms with Gasteiger partial charge in [0.2, 0.25) is 0 Å². The Morgan fingerprint density at radius 2 is 1.95 bits per heavy atom. The molecule has 0 radical (unpaired) electrons. The average Bonchev–Trinajstić information content (AvgIpc) is 2.87. The Kier molecular flexibility index (Phi) is 3.32. The van der Waals surface area contributed by atoms with Gasteiger partial charge in [0.25, 0.3) is 0 Å². The minimum Gasteiger partial charge on any atom is -0.275 e. The Morgan fingerprint density at radius 1 is 1.23 bits per heavy atom. The van der Waals surface area contributed by atoms with Gasteiger partial charge >= 0.3 is 6.18 Å². The van der Waals surface area contributed by atoms with Gasteiger partial charge < -0.3 is 0 Å². The monoisotopic (exact) mass is 329 g/mol. The predicted molar refractivity (Wildman–Crippen MR) is 73.9 cm³/mol. The molecule has 3 nitrogen and oxygen atoms in total. The second-order valence-electron chi connectivity index (χ2n) is 4.71. The standard InChI is InChI=1S/C14H8ClF4N3/c1-22-6-7(5-20-22)13-9(14(17,18)19)4-8-11(21-13)3-2-10(16)12(8)15/h2-6H,1H3. The van der Waals surface area contributed by atoms with Crippen LogP contribution in [0.1, 0.15) is 5.56 Å². The molecular formula is C14H8ClF4N3. The Hall–Kier alpha value is -2.15. The van der Waals surface area contributed by atoms with E-state index in [0.29, 0.717) is 0 Å². The lowest BCUT2D eigenvalue weighted by Gasteiger charge is -2.13. The number of nitrogens with zero attached hydrogens (tertiary/aromatic N) is 3. The van der Waals surface area contributed by atoms with E-state index in [0.717, 1.165) is 12.1 Å². The van der Waals surface area contributed by atoms with Crippen molar-refractivity contribution in [3.05, 3.63) is 47.0 Å². The van der Waals surface area contributed by atoms with Crippen LogP contribution in [0.4, 0.5) is 17.6 Å². The highest BCUT2D eigenvalue weighted by Gasteiger charge is 2.35. The van der Waals surface area contributed by atoms with Crippen LogP contribution in [0.5, 0.6) is 0 Å². The molecule has 0 aliphatic rings. The molecule has 2 aromatic heterocycles. The summed E-state index contributed by atoms with van der Waals surface area (Å²) in [6.07, 6.45) is -1.94. The number of fused-ring (bicyclic) bond motifs is 1. The van der Waals surface area contributed by atoms with Gasteiger partial charge in [-0.15, -0.1) is 0 Å². The smallest absolute Gasteiger partial charge is 0.275 e. The number of alkyl halides is 3. The van der Waals surface area contributed by atoms with E-state index in [1.54, 1.807) is 7.05 Å². The van der Waals surface area contributed by atoms with Crippen molar-refractivity contribution in [3.8, 4) is 11.3 Å². The predicted octanol–water partition coefficient (Wildman–Crippen LogP) is 4.45. The van der Waals surface area contributed by atoms with E-state index >= 15 is 0 Å². The van der Waals surface area contributed by atoms with Crippen LogP contribution in [0.25, 0.3) is 22.2 Å². The van der Waals surface area contributed by atoms with Gasteiger partial charge in [-0.1, -0.05) is 11.6 Å². The van der Waals surface area contributed by atoms with E-state index in [1.165, 1.54) is 23.1 Å². The molecular weight excluding hydrogens is 322 g/mol.